The van der Waals surface area contributed by atoms with Crippen molar-refractivity contribution in [2.75, 3.05) is 13.2 Å². The summed E-state index contributed by atoms with van der Waals surface area (Å²) < 4.78 is 7.22. The Morgan fingerprint density at radius 2 is 2.15 bits per heavy atom. The molecule has 0 atom stereocenters. The van der Waals surface area contributed by atoms with E-state index in [0.717, 1.165) is 5.69 Å². The van der Waals surface area contributed by atoms with E-state index in [1.807, 2.05) is 17.8 Å². The smallest absolute Gasteiger partial charge is 0.257 e. The lowest BCUT2D eigenvalue weighted by Gasteiger charge is -2.06. The van der Waals surface area contributed by atoms with Gasteiger partial charge < -0.3 is 14.6 Å². The summed E-state index contributed by atoms with van der Waals surface area (Å²) in [6.07, 6.45) is 4.37. The van der Waals surface area contributed by atoms with Crippen LogP contribution >= 0.6 is 11.6 Å². The molecule has 0 saturated carbocycles. The van der Waals surface area contributed by atoms with Gasteiger partial charge in [0.1, 0.15) is 5.75 Å². The SMILES string of the molecule is Cn1cnc(CCNC(=O)COc2ccc(Cl)cc2)c1. The van der Waals surface area contributed by atoms with Crippen LogP contribution < -0.4 is 10.1 Å². The Balaban J connectivity index is 1.66. The summed E-state index contributed by atoms with van der Waals surface area (Å²) in [5, 5.41) is 3.42. The summed E-state index contributed by atoms with van der Waals surface area (Å²) in [5.74, 6) is 0.463. The van der Waals surface area contributed by atoms with Crippen molar-refractivity contribution in [1.29, 1.82) is 0 Å². The van der Waals surface area contributed by atoms with Crippen molar-refractivity contribution in [3.8, 4) is 5.75 Å². The van der Waals surface area contributed by atoms with E-state index < -0.39 is 0 Å². The van der Waals surface area contributed by atoms with Crippen LogP contribution in [0.25, 0.3) is 0 Å². The fraction of sp³-hybridized carbons (Fsp3) is 0.286. The van der Waals surface area contributed by atoms with Crippen LogP contribution in [0.4, 0.5) is 0 Å². The van der Waals surface area contributed by atoms with E-state index in [1.165, 1.54) is 0 Å². The molecule has 20 heavy (non-hydrogen) atoms. The normalized spacial score (nSPS) is 10.3. The maximum atomic E-state index is 11.6. The van der Waals surface area contributed by atoms with E-state index in [0.29, 0.717) is 23.7 Å². The molecule has 1 heterocycles. The Morgan fingerprint density at radius 3 is 2.80 bits per heavy atom. The van der Waals surface area contributed by atoms with E-state index in [4.69, 9.17) is 16.3 Å². The van der Waals surface area contributed by atoms with Crippen LogP contribution in [0.3, 0.4) is 0 Å². The second-order valence-corrected chi connectivity index (χ2v) is 4.81. The Bertz CT molecular complexity index is 566. The summed E-state index contributed by atoms with van der Waals surface area (Å²) in [7, 11) is 1.91. The molecule has 106 valence electrons. The van der Waals surface area contributed by atoms with Gasteiger partial charge in [-0.25, -0.2) is 4.98 Å². The van der Waals surface area contributed by atoms with E-state index in [2.05, 4.69) is 10.3 Å². The molecule has 0 bridgehead atoms. The van der Waals surface area contributed by atoms with Crippen LogP contribution in [0.15, 0.2) is 36.8 Å². The van der Waals surface area contributed by atoms with Gasteiger partial charge >= 0.3 is 0 Å². The molecule has 1 N–H and O–H groups in total. The Kier molecular flexibility index (Phi) is 5.01. The van der Waals surface area contributed by atoms with Gasteiger partial charge in [0, 0.05) is 31.2 Å². The predicted octanol–water partition coefficient (Wildman–Crippen LogP) is 1.81. The van der Waals surface area contributed by atoms with Crippen LogP contribution in [-0.4, -0.2) is 28.6 Å². The molecule has 1 aromatic carbocycles. The minimum Gasteiger partial charge on any atom is -0.484 e. The third kappa shape index (κ3) is 4.59. The molecule has 0 spiro atoms. The van der Waals surface area contributed by atoms with Gasteiger partial charge in [-0.15, -0.1) is 0 Å². The van der Waals surface area contributed by atoms with E-state index in [1.54, 1.807) is 30.6 Å². The first-order chi connectivity index (χ1) is 9.63. The molecule has 0 aliphatic heterocycles. The number of carbonyl (C=O) groups is 1. The fourth-order valence-corrected chi connectivity index (χ4v) is 1.78. The van der Waals surface area contributed by atoms with Gasteiger partial charge in [-0.1, -0.05) is 11.6 Å². The second-order valence-electron chi connectivity index (χ2n) is 4.37. The first kappa shape index (κ1) is 14.4. The number of hydrogen-bond acceptors (Lipinski definition) is 3. The number of benzene rings is 1. The lowest BCUT2D eigenvalue weighted by Crippen LogP contribution is -2.30. The maximum absolute atomic E-state index is 11.6. The summed E-state index contributed by atoms with van der Waals surface area (Å²) >= 11 is 5.76. The standard InChI is InChI=1S/C14H16ClN3O2/c1-18-8-12(17-10-18)6-7-16-14(19)9-20-13-4-2-11(15)3-5-13/h2-5,8,10H,6-7,9H2,1H3,(H,16,19). The molecular formula is C14H16ClN3O2. The molecule has 0 saturated heterocycles. The largest absolute Gasteiger partial charge is 0.484 e. The minimum atomic E-state index is -0.157. The van der Waals surface area contributed by atoms with Crippen molar-refractivity contribution >= 4 is 17.5 Å². The van der Waals surface area contributed by atoms with E-state index >= 15 is 0 Å². The zero-order valence-corrected chi connectivity index (χ0v) is 11.9. The van der Waals surface area contributed by atoms with Crippen LogP contribution in [0, 0.1) is 0 Å². The summed E-state index contributed by atoms with van der Waals surface area (Å²) in [6, 6.07) is 6.89. The number of nitrogens with one attached hydrogen (secondary N) is 1. The summed E-state index contributed by atoms with van der Waals surface area (Å²) in [4.78, 5) is 15.8. The highest BCUT2D eigenvalue weighted by atomic mass is 35.5. The van der Waals surface area contributed by atoms with Gasteiger partial charge in [-0.05, 0) is 24.3 Å². The molecule has 0 unspecified atom stereocenters. The van der Waals surface area contributed by atoms with Crippen molar-refractivity contribution < 1.29 is 9.53 Å². The highest BCUT2D eigenvalue weighted by Gasteiger charge is 2.03. The van der Waals surface area contributed by atoms with Crippen LogP contribution in [0.5, 0.6) is 5.75 Å². The zero-order chi connectivity index (χ0) is 14.4. The molecule has 2 rings (SSSR count). The Labute approximate surface area is 122 Å². The average molecular weight is 294 g/mol. The molecule has 5 nitrogen and oxygen atoms in total. The topological polar surface area (TPSA) is 56.2 Å². The number of carbonyl (C=O) groups excluding carboxylic acids is 1. The van der Waals surface area contributed by atoms with Crippen LogP contribution in [-0.2, 0) is 18.3 Å². The van der Waals surface area contributed by atoms with Crippen molar-refractivity contribution in [1.82, 2.24) is 14.9 Å². The fourth-order valence-electron chi connectivity index (χ4n) is 1.66. The Morgan fingerprint density at radius 1 is 1.40 bits per heavy atom. The highest BCUT2D eigenvalue weighted by molar-refractivity contribution is 6.30. The molecule has 0 aliphatic carbocycles. The molecule has 0 radical (unpaired) electrons. The summed E-state index contributed by atoms with van der Waals surface area (Å²) in [6.45, 7) is 0.531. The van der Waals surface area contributed by atoms with Crippen molar-refractivity contribution in [3.63, 3.8) is 0 Å². The number of ether oxygens (including phenoxy) is 1. The average Bonchev–Trinajstić information content (AvgIpc) is 2.84. The Hall–Kier alpha value is -2.01. The number of rotatable bonds is 6. The predicted molar refractivity (Wildman–Crippen MR) is 76.9 cm³/mol. The lowest BCUT2D eigenvalue weighted by atomic mass is 10.3. The highest BCUT2D eigenvalue weighted by Crippen LogP contribution is 2.15. The van der Waals surface area contributed by atoms with Gasteiger partial charge in [-0.3, -0.25) is 4.79 Å². The summed E-state index contributed by atoms with van der Waals surface area (Å²) in [5.41, 5.74) is 0.950. The zero-order valence-electron chi connectivity index (χ0n) is 11.2. The quantitative estimate of drug-likeness (QED) is 0.884. The molecule has 1 aromatic heterocycles. The molecule has 0 fully saturated rings. The van der Waals surface area contributed by atoms with Crippen LogP contribution in [0.1, 0.15) is 5.69 Å². The molecule has 2 aromatic rings. The van der Waals surface area contributed by atoms with Crippen molar-refractivity contribution in [3.05, 3.63) is 47.5 Å². The van der Waals surface area contributed by atoms with Gasteiger partial charge in [0.25, 0.3) is 5.91 Å². The number of nitrogens with zero attached hydrogens (tertiary/aromatic N) is 2. The molecular weight excluding hydrogens is 278 g/mol. The van der Waals surface area contributed by atoms with E-state index in [-0.39, 0.29) is 12.5 Å². The number of aryl methyl sites for hydroxylation is 1. The first-order valence-electron chi connectivity index (χ1n) is 6.25. The van der Waals surface area contributed by atoms with Crippen molar-refractivity contribution in [2.24, 2.45) is 7.05 Å². The molecule has 6 heteroatoms. The monoisotopic (exact) mass is 293 g/mol. The maximum Gasteiger partial charge on any atom is 0.257 e. The minimum absolute atomic E-state index is 0.0101. The molecule has 1 amide bonds. The van der Waals surface area contributed by atoms with Crippen molar-refractivity contribution in [2.45, 2.75) is 6.42 Å². The molecule has 0 aliphatic rings. The number of halogens is 1. The lowest BCUT2D eigenvalue weighted by molar-refractivity contribution is -0.123. The third-order valence-electron chi connectivity index (χ3n) is 2.65. The number of hydrogen-bond donors (Lipinski definition) is 1. The van der Waals surface area contributed by atoms with Gasteiger partial charge in [-0.2, -0.15) is 0 Å². The number of imidazole rings is 1. The second kappa shape index (κ2) is 6.96. The van der Waals surface area contributed by atoms with Gasteiger partial charge in [0.15, 0.2) is 6.61 Å². The van der Waals surface area contributed by atoms with Gasteiger partial charge in [0.2, 0.25) is 0 Å². The van der Waals surface area contributed by atoms with Crippen LogP contribution in [0.2, 0.25) is 5.02 Å². The van der Waals surface area contributed by atoms with E-state index in [9.17, 15) is 4.79 Å². The first-order valence-corrected chi connectivity index (χ1v) is 6.63. The third-order valence-corrected chi connectivity index (χ3v) is 2.90. The number of amides is 1. The number of aromatic nitrogens is 2. The van der Waals surface area contributed by atoms with Gasteiger partial charge in [0.05, 0.1) is 12.0 Å².